The topological polar surface area (TPSA) is 26.3 Å². The van der Waals surface area contributed by atoms with Gasteiger partial charge in [0.15, 0.2) is 5.78 Å². The van der Waals surface area contributed by atoms with Gasteiger partial charge in [-0.2, -0.15) is 0 Å². The van der Waals surface area contributed by atoms with Gasteiger partial charge in [0.25, 0.3) is 0 Å². The van der Waals surface area contributed by atoms with Crippen LogP contribution in [0.4, 0.5) is 0 Å². The van der Waals surface area contributed by atoms with Crippen LogP contribution in [0.2, 0.25) is 5.02 Å². The lowest BCUT2D eigenvalue weighted by atomic mass is 10.0. The standard InChI is InChI=1S/C15H13ClO2/c1-10-9-11(7-8-14(10)18-2)15(17)12-5-3-4-6-13(12)16/h3-9H,1-2H3. The fraction of sp³-hybridized carbons (Fsp3) is 0.133. The summed E-state index contributed by atoms with van der Waals surface area (Å²) >= 11 is 6.02. The Bertz CT molecular complexity index is 591. The van der Waals surface area contributed by atoms with Gasteiger partial charge >= 0.3 is 0 Å². The van der Waals surface area contributed by atoms with Gasteiger partial charge in [-0.3, -0.25) is 4.79 Å². The van der Waals surface area contributed by atoms with Crippen LogP contribution in [0.1, 0.15) is 21.5 Å². The number of ketones is 1. The number of aryl methyl sites for hydroxylation is 1. The van der Waals surface area contributed by atoms with Crippen molar-refractivity contribution in [1.29, 1.82) is 0 Å². The normalized spacial score (nSPS) is 10.2. The molecule has 0 heterocycles. The maximum atomic E-state index is 12.3. The van der Waals surface area contributed by atoms with E-state index in [1.807, 2.05) is 13.0 Å². The number of methoxy groups -OCH3 is 1. The maximum absolute atomic E-state index is 12.3. The first kappa shape index (κ1) is 12.7. The highest BCUT2D eigenvalue weighted by molar-refractivity contribution is 6.34. The maximum Gasteiger partial charge on any atom is 0.194 e. The van der Waals surface area contributed by atoms with Gasteiger partial charge in [0, 0.05) is 11.1 Å². The molecule has 0 aliphatic heterocycles. The van der Waals surface area contributed by atoms with Crippen LogP contribution < -0.4 is 4.74 Å². The highest BCUT2D eigenvalue weighted by Gasteiger charge is 2.13. The van der Waals surface area contributed by atoms with Crippen LogP contribution in [0, 0.1) is 6.92 Å². The quantitative estimate of drug-likeness (QED) is 0.783. The number of rotatable bonds is 3. The summed E-state index contributed by atoms with van der Waals surface area (Å²) in [5.41, 5.74) is 2.06. The van der Waals surface area contributed by atoms with Crippen molar-refractivity contribution >= 4 is 17.4 Å². The van der Waals surface area contributed by atoms with Gasteiger partial charge in [-0.15, -0.1) is 0 Å². The molecule has 0 radical (unpaired) electrons. The number of halogens is 1. The zero-order valence-corrected chi connectivity index (χ0v) is 11.0. The van der Waals surface area contributed by atoms with Gasteiger partial charge in [0.2, 0.25) is 0 Å². The molecule has 0 fully saturated rings. The van der Waals surface area contributed by atoms with Gasteiger partial charge in [-0.1, -0.05) is 23.7 Å². The summed E-state index contributed by atoms with van der Waals surface area (Å²) in [7, 11) is 1.61. The van der Waals surface area contributed by atoms with Crippen molar-refractivity contribution in [3.05, 3.63) is 64.2 Å². The molecule has 18 heavy (non-hydrogen) atoms. The summed E-state index contributed by atoms with van der Waals surface area (Å²) in [6, 6.07) is 12.4. The molecule has 0 aromatic heterocycles. The fourth-order valence-corrected chi connectivity index (χ4v) is 2.04. The Morgan fingerprint density at radius 3 is 2.50 bits per heavy atom. The molecular formula is C15H13ClO2. The minimum Gasteiger partial charge on any atom is -0.496 e. The van der Waals surface area contributed by atoms with Crippen molar-refractivity contribution in [2.45, 2.75) is 6.92 Å². The highest BCUT2D eigenvalue weighted by atomic mass is 35.5. The lowest BCUT2D eigenvalue weighted by molar-refractivity contribution is 0.103. The van der Waals surface area contributed by atoms with Crippen LogP contribution in [-0.2, 0) is 0 Å². The van der Waals surface area contributed by atoms with Crippen molar-refractivity contribution in [3.8, 4) is 5.75 Å². The van der Waals surface area contributed by atoms with Crippen molar-refractivity contribution < 1.29 is 9.53 Å². The largest absolute Gasteiger partial charge is 0.496 e. The van der Waals surface area contributed by atoms with Gasteiger partial charge in [-0.25, -0.2) is 0 Å². The van der Waals surface area contributed by atoms with Gasteiger partial charge in [0.1, 0.15) is 5.75 Å². The molecule has 0 bridgehead atoms. The monoisotopic (exact) mass is 260 g/mol. The second-order valence-electron chi connectivity index (χ2n) is 3.99. The number of benzene rings is 2. The Morgan fingerprint density at radius 1 is 1.17 bits per heavy atom. The first-order valence-corrected chi connectivity index (χ1v) is 5.95. The molecule has 2 rings (SSSR count). The molecule has 2 aromatic rings. The number of hydrogen-bond donors (Lipinski definition) is 0. The van der Waals surface area contributed by atoms with Gasteiger partial charge < -0.3 is 4.74 Å². The van der Waals surface area contributed by atoms with Crippen molar-refractivity contribution in [2.75, 3.05) is 7.11 Å². The third kappa shape index (κ3) is 2.39. The average Bonchev–Trinajstić information content (AvgIpc) is 2.38. The summed E-state index contributed by atoms with van der Waals surface area (Å²) in [6.07, 6.45) is 0. The smallest absolute Gasteiger partial charge is 0.194 e. The van der Waals surface area contributed by atoms with E-state index in [0.717, 1.165) is 11.3 Å². The molecule has 92 valence electrons. The molecule has 2 nitrogen and oxygen atoms in total. The van der Waals surface area contributed by atoms with Crippen molar-refractivity contribution in [1.82, 2.24) is 0 Å². The predicted octanol–water partition coefficient (Wildman–Crippen LogP) is 3.89. The summed E-state index contributed by atoms with van der Waals surface area (Å²) < 4.78 is 5.17. The van der Waals surface area contributed by atoms with Crippen LogP contribution in [0.15, 0.2) is 42.5 Å². The van der Waals surface area contributed by atoms with Gasteiger partial charge in [0.05, 0.1) is 12.1 Å². The summed E-state index contributed by atoms with van der Waals surface area (Å²) in [6.45, 7) is 1.90. The Hall–Kier alpha value is -1.80. The van der Waals surface area contributed by atoms with Crippen LogP contribution in [-0.4, -0.2) is 12.9 Å². The molecule has 0 amide bonds. The van der Waals surface area contributed by atoms with E-state index in [1.54, 1.807) is 43.5 Å². The van der Waals surface area contributed by atoms with E-state index in [9.17, 15) is 4.79 Å². The molecule has 0 saturated carbocycles. The third-order valence-corrected chi connectivity index (χ3v) is 3.11. The highest BCUT2D eigenvalue weighted by Crippen LogP contribution is 2.23. The van der Waals surface area contributed by atoms with Crippen LogP contribution >= 0.6 is 11.6 Å². The lowest BCUT2D eigenvalue weighted by Gasteiger charge is -2.07. The minimum absolute atomic E-state index is 0.0775. The molecule has 0 aliphatic carbocycles. The van der Waals surface area contributed by atoms with Gasteiger partial charge in [-0.05, 0) is 42.8 Å². The molecule has 0 atom stereocenters. The summed E-state index contributed by atoms with van der Waals surface area (Å²) in [5.74, 6) is 0.692. The second kappa shape index (κ2) is 5.23. The van der Waals surface area contributed by atoms with E-state index < -0.39 is 0 Å². The Kier molecular flexibility index (Phi) is 3.68. The molecule has 2 aromatic carbocycles. The SMILES string of the molecule is COc1ccc(C(=O)c2ccccc2Cl)cc1C. The third-order valence-electron chi connectivity index (χ3n) is 2.78. The summed E-state index contributed by atoms with van der Waals surface area (Å²) in [5, 5.41) is 0.468. The van der Waals surface area contributed by atoms with E-state index in [0.29, 0.717) is 16.1 Å². The number of carbonyl (C=O) groups excluding carboxylic acids is 1. The van der Waals surface area contributed by atoms with Crippen LogP contribution in [0.25, 0.3) is 0 Å². The zero-order valence-electron chi connectivity index (χ0n) is 10.2. The van der Waals surface area contributed by atoms with E-state index in [-0.39, 0.29) is 5.78 Å². The first-order valence-electron chi connectivity index (χ1n) is 5.57. The zero-order chi connectivity index (χ0) is 13.1. The fourth-order valence-electron chi connectivity index (χ4n) is 1.82. The number of ether oxygens (including phenoxy) is 1. The van der Waals surface area contributed by atoms with Crippen LogP contribution in [0.5, 0.6) is 5.75 Å². The van der Waals surface area contributed by atoms with E-state index in [4.69, 9.17) is 16.3 Å². The molecule has 0 saturated heterocycles. The molecule has 3 heteroatoms. The predicted molar refractivity (Wildman–Crippen MR) is 72.6 cm³/mol. The number of hydrogen-bond acceptors (Lipinski definition) is 2. The molecule has 0 unspecified atom stereocenters. The van der Waals surface area contributed by atoms with E-state index in [2.05, 4.69) is 0 Å². The van der Waals surface area contributed by atoms with E-state index in [1.165, 1.54) is 0 Å². The second-order valence-corrected chi connectivity index (χ2v) is 4.40. The Labute approximate surface area is 111 Å². The lowest BCUT2D eigenvalue weighted by Crippen LogP contribution is -2.02. The summed E-state index contributed by atoms with van der Waals surface area (Å²) in [4.78, 5) is 12.3. The van der Waals surface area contributed by atoms with Crippen molar-refractivity contribution in [2.24, 2.45) is 0 Å². The average molecular weight is 261 g/mol. The Morgan fingerprint density at radius 2 is 1.89 bits per heavy atom. The molecule has 0 aliphatic rings. The van der Waals surface area contributed by atoms with Crippen LogP contribution in [0.3, 0.4) is 0 Å². The van der Waals surface area contributed by atoms with E-state index >= 15 is 0 Å². The molecular weight excluding hydrogens is 248 g/mol. The van der Waals surface area contributed by atoms with Crippen molar-refractivity contribution in [3.63, 3.8) is 0 Å². The number of carbonyl (C=O) groups is 1. The minimum atomic E-state index is -0.0775. The first-order chi connectivity index (χ1) is 8.63. The molecule has 0 spiro atoms. The molecule has 0 N–H and O–H groups in total. The Balaban J connectivity index is 2.41.